The lowest BCUT2D eigenvalue weighted by molar-refractivity contribution is -0.231. The summed E-state index contributed by atoms with van der Waals surface area (Å²) in [6, 6.07) is 5.10. The van der Waals surface area contributed by atoms with Crippen molar-refractivity contribution in [1.29, 1.82) is 0 Å². The maximum Gasteiger partial charge on any atom is 0.341 e. The Bertz CT molecular complexity index is 1250. The third-order valence-electron chi connectivity index (χ3n) is 5.68. The van der Waals surface area contributed by atoms with Gasteiger partial charge in [-0.2, -0.15) is 9.97 Å². The van der Waals surface area contributed by atoms with Gasteiger partial charge in [-0.1, -0.05) is 18.2 Å². The molecule has 35 heavy (non-hydrogen) atoms. The lowest BCUT2D eigenvalue weighted by atomic mass is 9.93. The third kappa shape index (κ3) is 4.51. The molecule has 1 saturated heterocycles. The van der Waals surface area contributed by atoms with Crippen LogP contribution in [0, 0.1) is 5.82 Å². The molecular formula is C20H20ClF2N5O7. The number of anilines is 1. The number of fused-ring (bicyclic) bond motifs is 1. The van der Waals surface area contributed by atoms with E-state index in [4.69, 9.17) is 26.8 Å². The Morgan fingerprint density at radius 2 is 2.06 bits per heavy atom. The molecule has 3 aromatic rings. The Morgan fingerprint density at radius 1 is 1.34 bits per heavy atom. The smallest absolute Gasteiger partial charge is 0.341 e. The fraction of sp³-hybridized carbons (Fsp3) is 0.400. The van der Waals surface area contributed by atoms with E-state index in [9.17, 15) is 29.6 Å². The molecule has 0 aliphatic carbocycles. The molecule has 1 fully saturated rings. The van der Waals surface area contributed by atoms with Gasteiger partial charge in [0.1, 0.15) is 23.5 Å². The van der Waals surface area contributed by atoms with Crippen LogP contribution in [0.1, 0.15) is 11.8 Å². The maximum atomic E-state index is 15.0. The largest absolute Gasteiger partial charge is 0.479 e. The van der Waals surface area contributed by atoms with Crippen LogP contribution >= 0.6 is 11.6 Å². The highest BCUT2D eigenvalue weighted by atomic mass is 35.5. The number of benzene rings is 1. The Hall–Kier alpha value is -3.01. The van der Waals surface area contributed by atoms with Crippen molar-refractivity contribution in [3.63, 3.8) is 0 Å². The van der Waals surface area contributed by atoms with Gasteiger partial charge in [0, 0.05) is 6.42 Å². The highest BCUT2D eigenvalue weighted by Gasteiger charge is 2.51. The van der Waals surface area contributed by atoms with Crippen LogP contribution < -0.4 is 5.73 Å². The molecule has 6 N–H and O–H groups in total. The molecule has 0 saturated carbocycles. The van der Waals surface area contributed by atoms with E-state index >= 15 is 4.39 Å². The first-order valence-electron chi connectivity index (χ1n) is 10.1. The SMILES string of the molecule is Nc1nc(Cl)nc2c1ncn2[C@@H]1O[C@H](COC(Cc2ccccc2F)(C(=O)O)C(O)O)[C@@H](O)[C@@H]1F. The Balaban J connectivity index is 1.58. The average molecular weight is 516 g/mol. The molecule has 1 aliphatic rings. The van der Waals surface area contributed by atoms with Crippen LogP contribution in [0.2, 0.25) is 5.28 Å². The number of carbonyl (C=O) groups is 1. The van der Waals surface area contributed by atoms with Gasteiger partial charge in [0.15, 0.2) is 30.2 Å². The highest BCUT2D eigenvalue weighted by Crippen LogP contribution is 2.35. The number of nitrogens with zero attached hydrogens (tertiary/aromatic N) is 4. The van der Waals surface area contributed by atoms with Crippen LogP contribution in [0.5, 0.6) is 0 Å². The van der Waals surface area contributed by atoms with E-state index in [0.717, 1.165) is 17.0 Å². The molecule has 5 atom stereocenters. The number of carboxylic acids is 1. The van der Waals surface area contributed by atoms with Crippen LogP contribution in [0.15, 0.2) is 30.6 Å². The van der Waals surface area contributed by atoms with E-state index in [1.807, 2.05) is 0 Å². The lowest BCUT2D eigenvalue weighted by Gasteiger charge is -2.32. The minimum absolute atomic E-state index is 0.0223. The van der Waals surface area contributed by atoms with Crippen LogP contribution in [0.4, 0.5) is 14.6 Å². The van der Waals surface area contributed by atoms with E-state index < -0.39 is 61.3 Å². The Kier molecular flexibility index (Phi) is 6.86. The fourth-order valence-electron chi connectivity index (χ4n) is 3.78. The zero-order valence-electron chi connectivity index (χ0n) is 17.7. The third-order valence-corrected chi connectivity index (χ3v) is 5.85. The molecule has 15 heteroatoms. The van der Waals surface area contributed by atoms with Crippen LogP contribution in [-0.2, 0) is 20.7 Å². The normalized spacial score (nSPS) is 24.2. The van der Waals surface area contributed by atoms with Crippen molar-refractivity contribution in [1.82, 2.24) is 19.5 Å². The molecule has 1 aromatic carbocycles. The second kappa shape index (κ2) is 9.56. The Labute approximate surface area is 200 Å². The first kappa shape index (κ1) is 25.1. The number of aliphatic hydroxyl groups excluding tert-OH is 2. The van der Waals surface area contributed by atoms with Crippen molar-refractivity contribution in [3.8, 4) is 0 Å². The molecule has 0 radical (unpaired) electrons. The summed E-state index contributed by atoms with van der Waals surface area (Å²) in [6.07, 6.45) is -9.05. The predicted molar refractivity (Wildman–Crippen MR) is 114 cm³/mol. The highest BCUT2D eigenvalue weighted by molar-refractivity contribution is 6.28. The quantitative estimate of drug-likeness (QED) is 0.203. The standard InChI is InChI=1S/C20H20ClF2N5O7/c21-19-26-14(24)12-15(27-19)28(7-25-12)16-11(23)13(29)10(35-16)6-34-20(17(30)31,18(32)33)5-8-3-1-2-4-9(8)22/h1-4,7,10-11,13,16-17,29-31H,5-6H2,(H,32,33)(H2,24,26,27)/t10-,11+,13-,16-,20?/m1/s1. The number of carboxylic acid groups (broad SMARTS) is 1. The molecule has 0 bridgehead atoms. The van der Waals surface area contributed by atoms with Crippen molar-refractivity contribution in [2.75, 3.05) is 12.3 Å². The van der Waals surface area contributed by atoms with Crippen molar-refractivity contribution in [3.05, 3.63) is 47.3 Å². The number of aromatic nitrogens is 4. The van der Waals surface area contributed by atoms with E-state index in [-0.39, 0.29) is 27.8 Å². The topological polar surface area (TPSA) is 186 Å². The van der Waals surface area contributed by atoms with Crippen LogP contribution in [0.25, 0.3) is 11.2 Å². The zero-order valence-corrected chi connectivity index (χ0v) is 18.5. The summed E-state index contributed by atoms with van der Waals surface area (Å²) in [6.45, 7) is -0.791. The Morgan fingerprint density at radius 3 is 2.71 bits per heavy atom. The fourth-order valence-corrected chi connectivity index (χ4v) is 3.95. The minimum Gasteiger partial charge on any atom is -0.479 e. The monoisotopic (exact) mass is 515 g/mol. The van der Waals surface area contributed by atoms with E-state index in [1.54, 1.807) is 0 Å². The number of ether oxygens (including phenoxy) is 2. The van der Waals surface area contributed by atoms with Gasteiger partial charge in [-0.25, -0.2) is 18.6 Å². The first-order chi connectivity index (χ1) is 16.5. The predicted octanol–water partition coefficient (Wildman–Crippen LogP) is 0.191. The number of rotatable bonds is 8. The first-order valence-corrected chi connectivity index (χ1v) is 10.5. The number of hydrogen-bond acceptors (Lipinski definition) is 10. The van der Waals surface area contributed by atoms with Gasteiger partial charge in [0.05, 0.1) is 12.9 Å². The summed E-state index contributed by atoms with van der Waals surface area (Å²) in [5.74, 6) is -2.68. The molecule has 2 aromatic heterocycles. The number of aliphatic hydroxyl groups is 3. The summed E-state index contributed by atoms with van der Waals surface area (Å²) in [7, 11) is 0. The number of aliphatic carboxylic acids is 1. The summed E-state index contributed by atoms with van der Waals surface area (Å²) in [5, 5.41) is 39.6. The number of nitrogen functional groups attached to an aromatic ring is 1. The lowest BCUT2D eigenvalue weighted by Crippen LogP contribution is -2.55. The second-order valence-corrected chi connectivity index (χ2v) is 8.19. The zero-order chi connectivity index (χ0) is 25.5. The minimum atomic E-state index is -2.74. The van der Waals surface area contributed by atoms with Crippen molar-refractivity contribution >= 4 is 34.6 Å². The van der Waals surface area contributed by atoms with Crippen LogP contribution in [-0.4, -0.2) is 82.8 Å². The van der Waals surface area contributed by atoms with Gasteiger partial charge in [0.2, 0.25) is 10.9 Å². The maximum absolute atomic E-state index is 15.0. The van der Waals surface area contributed by atoms with Gasteiger partial charge < -0.3 is 35.6 Å². The summed E-state index contributed by atoms with van der Waals surface area (Å²) in [5.41, 5.74) is 2.96. The van der Waals surface area contributed by atoms with Crippen molar-refractivity contribution in [2.24, 2.45) is 0 Å². The van der Waals surface area contributed by atoms with Gasteiger partial charge in [-0.3, -0.25) is 4.57 Å². The van der Waals surface area contributed by atoms with Gasteiger partial charge in [0.25, 0.3) is 0 Å². The molecule has 1 aliphatic heterocycles. The number of alkyl halides is 1. The van der Waals surface area contributed by atoms with E-state index in [0.29, 0.717) is 0 Å². The molecule has 12 nitrogen and oxygen atoms in total. The summed E-state index contributed by atoms with van der Waals surface area (Å²) < 4.78 is 41.1. The molecule has 1 unspecified atom stereocenters. The van der Waals surface area contributed by atoms with E-state index in [1.165, 1.54) is 18.2 Å². The summed E-state index contributed by atoms with van der Waals surface area (Å²) in [4.78, 5) is 23.7. The van der Waals surface area contributed by atoms with Crippen molar-refractivity contribution < 1.29 is 43.5 Å². The summed E-state index contributed by atoms with van der Waals surface area (Å²) >= 11 is 5.81. The van der Waals surface area contributed by atoms with E-state index in [2.05, 4.69) is 15.0 Å². The molecule has 3 heterocycles. The molecule has 0 spiro atoms. The number of hydrogen-bond donors (Lipinski definition) is 5. The molecule has 188 valence electrons. The number of halogens is 3. The second-order valence-electron chi connectivity index (χ2n) is 7.85. The van der Waals surface area contributed by atoms with Crippen molar-refractivity contribution in [2.45, 2.75) is 42.9 Å². The number of imidazole rings is 1. The molecular weight excluding hydrogens is 496 g/mol. The van der Waals surface area contributed by atoms with Crippen LogP contribution in [0.3, 0.4) is 0 Å². The van der Waals surface area contributed by atoms with Gasteiger partial charge in [-0.15, -0.1) is 0 Å². The average Bonchev–Trinajstić information content (AvgIpc) is 3.33. The van der Waals surface area contributed by atoms with Gasteiger partial charge in [-0.05, 0) is 23.2 Å². The number of nitrogens with two attached hydrogens (primary N) is 1. The molecule has 4 rings (SSSR count). The molecule has 0 amide bonds. The van der Waals surface area contributed by atoms with Gasteiger partial charge >= 0.3 is 5.97 Å².